The van der Waals surface area contributed by atoms with Gasteiger partial charge < -0.3 is 16.0 Å². The highest BCUT2D eigenvalue weighted by Crippen LogP contribution is 2.47. The van der Waals surface area contributed by atoms with Crippen LogP contribution in [0.1, 0.15) is 32.3 Å². The number of hydrogen-bond donors (Lipinski definition) is 3. The fraction of sp³-hybridized carbons (Fsp3) is 0.529. The van der Waals surface area contributed by atoms with E-state index in [1.165, 1.54) is 18.4 Å². The van der Waals surface area contributed by atoms with Gasteiger partial charge in [-0.3, -0.25) is 4.79 Å². The Morgan fingerprint density at radius 1 is 1.09 bits per heavy atom. The van der Waals surface area contributed by atoms with Crippen LogP contribution in [0.25, 0.3) is 0 Å². The predicted octanol–water partition coefficient (Wildman–Crippen LogP) is 1.41. The number of carbonyl (C=O) groups excluding carboxylic acids is 1. The average Bonchev–Trinajstić information content (AvgIpc) is 3.32. The number of amides is 1. The van der Waals surface area contributed by atoms with E-state index in [2.05, 4.69) is 45.2 Å². The Kier molecular flexibility index (Phi) is 5.81. The van der Waals surface area contributed by atoms with Gasteiger partial charge in [0.15, 0.2) is 5.96 Å². The molecular weight excluding hydrogens is 276 g/mol. The second-order valence-electron chi connectivity index (χ2n) is 5.65. The number of rotatable bonds is 7. The Labute approximate surface area is 132 Å². The molecule has 1 saturated carbocycles. The van der Waals surface area contributed by atoms with Crippen molar-refractivity contribution in [3.8, 4) is 0 Å². The van der Waals surface area contributed by atoms with Crippen molar-refractivity contribution in [1.82, 2.24) is 16.0 Å². The van der Waals surface area contributed by atoms with Gasteiger partial charge in [0, 0.05) is 25.0 Å². The molecule has 0 aromatic heterocycles. The molecular formula is C17H26N4O. The lowest BCUT2D eigenvalue weighted by Crippen LogP contribution is -2.42. The van der Waals surface area contributed by atoms with Crippen molar-refractivity contribution in [2.75, 3.05) is 26.2 Å². The summed E-state index contributed by atoms with van der Waals surface area (Å²) >= 11 is 0. The Balaban J connectivity index is 1.92. The molecule has 0 aliphatic heterocycles. The van der Waals surface area contributed by atoms with E-state index in [1.807, 2.05) is 19.9 Å². The van der Waals surface area contributed by atoms with Crippen molar-refractivity contribution in [2.24, 2.45) is 4.99 Å². The van der Waals surface area contributed by atoms with E-state index >= 15 is 0 Å². The molecule has 5 heteroatoms. The van der Waals surface area contributed by atoms with Crippen molar-refractivity contribution < 1.29 is 4.79 Å². The molecule has 0 bridgehead atoms. The van der Waals surface area contributed by atoms with Gasteiger partial charge in [-0.2, -0.15) is 0 Å². The topological polar surface area (TPSA) is 65.5 Å². The van der Waals surface area contributed by atoms with Crippen LogP contribution in [0.3, 0.4) is 0 Å². The lowest BCUT2D eigenvalue weighted by atomic mass is 9.96. The van der Waals surface area contributed by atoms with Crippen molar-refractivity contribution in [3.63, 3.8) is 0 Å². The van der Waals surface area contributed by atoms with Crippen LogP contribution in [0, 0.1) is 0 Å². The number of nitrogens with one attached hydrogen (secondary N) is 3. The predicted molar refractivity (Wildman–Crippen MR) is 90.0 cm³/mol. The van der Waals surface area contributed by atoms with E-state index in [1.54, 1.807) is 0 Å². The van der Waals surface area contributed by atoms with E-state index in [-0.39, 0.29) is 17.9 Å². The number of guanidine groups is 1. The van der Waals surface area contributed by atoms with Crippen molar-refractivity contribution in [3.05, 3.63) is 35.9 Å². The van der Waals surface area contributed by atoms with Crippen LogP contribution in [0.15, 0.2) is 35.3 Å². The summed E-state index contributed by atoms with van der Waals surface area (Å²) in [7, 11) is 0. The zero-order valence-corrected chi connectivity index (χ0v) is 13.5. The molecule has 1 aliphatic rings. The molecule has 1 amide bonds. The molecule has 5 nitrogen and oxygen atoms in total. The largest absolute Gasteiger partial charge is 0.357 e. The molecule has 0 spiro atoms. The van der Waals surface area contributed by atoms with E-state index in [9.17, 15) is 4.79 Å². The third kappa shape index (κ3) is 4.48. The first kappa shape index (κ1) is 16.3. The highest BCUT2D eigenvalue weighted by Gasteiger charge is 2.43. The molecule has 0 heterocycles. The van der Waals surface area contributed by atoms with E-state index in [4.69, 9.17) is 0 Å². The van der Waals surface area contributed by atoms with Crippen LogP contribution in [-0.4, -0.2) is 38.0 Å². The molecule has 1 aromatic carbocycles. The standard InChI is InChI=1S/C17H26N4O/c1-3-18-15(22)12-20-16(19-4-2)21-13-17(10-11-17)14-8-6-5-7-9-14/h5-9H,3-4,10-13H2,1-2H3,(H,18,22)(H2,19,20,21). The maximum Gasteiger partial charge on any atom is 0.241 e. The van der Waals surface area contributed by atoms with E-state index < -0.39 is 0 Å². The molecule has 3 N–H and O–H groups in total. The van der Waals surface area contributed by atoms with Gasteiger partial charge in [-0.15, -0.1) is 0 Å². The minimum Gasteiger partial charge on any atom is -0.357 e. The number of benzene rings is 1. The fourth-order valence-electron chi connectivity index (χ4n) is 2.51. The molecule has 22 heavy (non-hydrogen) atoms. The quantitative estimate of drug-likeness (QED) is 0.527. The highest BCUT2D eigenvalue weighted by atomic mass is 16.1. The summed E-state index contributed by atoms with van der Waals surface area (Å²) in [5, 5.41) is 9.32. The summed E-state index contributed by atoms with van der Waals surface area (Å²) in [6, 6.07) is 10.6. The molecule has 0 radical (unpaired) electrons. The van der Waals surface area contributed by atoms with Crippen molar-refractivity contribution in [1.29, 1.82) is 0 Å². The molecule has 1 aromatic rings. The summed E-state index contributed by atoms with van der Waals surface area (Å²) in [6.07, 6.45) is 2.39. The monoisotopic (exact) mass is 302 g/mol. The SMILES string of the molecule is CCNC(=O)CN=C(NCC)NCC1(c2ccccc2)CC1. The van der Waals surface area contributed by atoms with Gasteiger partial charge in [-0.05, 0) is 32.3 Å². The third-order valence-corrected chi connectivity index (χ3v) is 3.93. The minimum atomic E-state index is -0.0519. The van der Waals surface area contributed by atoms with Gasteiger partial charge in [0.05, 0.1) is 0 Å². The lowest BCUT2D eigenvalue weighted by molar-refractivity contribution is -0.119. The molecule has 2 rings (SSSR count). The van der Waals surface area contributed by atoms with Crippen LogP contribution in [0.5, 0.6) is 0 Å². The maximum absolute atomic E-state index is 11.5. The van der Waals surface area contributed by atoms with Crippen molar-refractivity contribution in [2.45, 2.75) is 32.1 Å². The number of aliphatic imine (C=N–C) groups is 1. The van der Waals surface area contributed by atoms with E-state index in [0.717, 1.165) is 13.1 Å². The zero-order chi connectivity index (χ0) is 15.8. The van der Waals surface area contributed by atoms with Crippen molar-refractivity contribution >= 4 is 11.9 Å². The zero-order valence-electron chi connectivity index (χ0n) is 13.5. The first-order chi connectivity index (χ1) is 10.7. The lowest BCUT2D eigenvalue weighted by Gasteiger charge is -2.19. The molecule has 1 aliphatic carbocycles. The summed E-state index contributed by atoms with van der Waals surface area (Å²) in [5.41, 5.74) is 1.60. The van der Waals surface area contributed by atoms with Crippen LogP contribution >= 0.6 is 0 Å². The number of nitrogens with zero attached hydrogens (tertiary/aromatic N) is 1. The van der Waals surface area contributed by atoms with Gasteiger partial charge >= 0.3 is 0 Å². The van der Waals surface area contributed by atoms with Crippen LogP contribution in [0.4, 0.5) is 0 Å². The van der Waals surface area contributed by atoms with Crippen LogP contribution < -0.4 is 16.0 Å². The summed E-state index contributed by atoms with van der Waals surface area (Å²) in [4.78, 5) is 15.9. The average molecular weight is 302 g/mol. The molecule has 0 unspecified atom stereocenters. The second-order valence-corrected chi connectivity index (χ2v) is 5.65. The summed E-state index contributed by atoms with van der Waals surface area (Å²) in [6.45, 7) is 6.34. The van der Waals surface area contributed by atoms with Gasteiger partial charge in [-0.25, -0.2) is 4.99 Å². The highest BCUT2D eigenvalue weighted by molar-refractivity contribution is 5.84. The smallest absolute Gasteiger partial charge is 0.241 e. The molecule has 120 valence electrons. The Hall–Kier alpha value is -2.04. The number of hydrogen-bond acceptors (Lipinski definition) is 2. The molecule has 0 atom stereocenters. The normalized spacial score (nSPS) is 16.0. The van der Waals surface area contributed by atoms with Gasteiger partial charge in [0.1, 0.15) is 6.54 Å². The third-order valence-electron chi connectivity index (χ3n) is 3.93. The number of carbonyl (C=O) groups is 1. The Morgan fingerprint density at radius 3 is 2.36 bits per heavy atom. The van der Waals surface area contributed by atoms with Gasteiger partial charge in [-0.1, -0.05) is 30.3 Å². The van der Waals surface area contributed by atoms with Gasteiger partial charge in [0.2, 0.25) is 5.91 Å². The van der Waals surface area contributed by atoms with Gasteiger partial charge in [0.25, 0.3) is 0 Å². The van der Waals surface area contributed by atoms with Crippen LogP contribution in [0.2, 0.25) is 0 Å². The number of likely N-dealkylation sites (N-methyl/N-ethyl adjacent to an activating group) is 1. The van der Waals surface area contributed by atoms with E-state index in [0.29, 0.717) is 12.5 Å². The Bertz CT molecular complexity index is 509. The fourth-order valence-corrected chi connectivity index (χ4v) is 2.51. The first-order valence-corrected chi connectivity index (χ1v) is 8.04. The maximum atomic E-state index is 11.5. The van der Waals surface area contributed by atoms with Crippen LogP contribution in [-0.2, 0) is 10.2 Å². The molecule has 0 saturated heterocycles. The summed E-state index contributed by atoms with van der Waals surface area (Å²) < 4.78 is 0. The minimum absolute atomic E-state index is 0.0519. The summed E-state index contributed by atoms with van der Waals surface area (Å²) in [5.74, 6) is 0.653. The first-order valence-electron chi connectivity index (χ1n) is 8.04. The molecule has 1 fully saturated rings. The second kappa shape index (κ2) is 7.82. The Morgan fingerprint density at radius 2 is 1.77 bits per heavy atom.